The number of halogens is 1. The van der Waals surface area contributed by atoms with Gasteiger partial charge in [-0.05, 0) is 35.8 Å². The maximum Gasteiger partial charge on any atom is 0.273 e. The van der Waals surface area contributed by atoms with Crippen molar-refractivity contribution in [1.29, 1.82) is 0 Å². The monoisotopic (exact) mass is 350 g/mol. The molecule has 0 fully saturated rings. The van der Waals surface area contributed by atoms with Crippen molar-refractivity contribution in [2.45, 2.75) is 25.0 Å². The lowest BCUT2D eigenvalue weighted by Crippen LogP contribution is -2.20. The fraction of sp³-hybridized carbons (Fsp3) is 0.333. The molecule has 2 aromatic rings. The Kier molecular flexibility index (Phi) is 3.58. The molecule has 18 heavy (non-hydrogen) atoms. The van der Waals surface area contributed by atoms with Crippen molar-refractivity contribution in [2.75, 3.05) is 0 Å². The average molecular weight is 351 g/mol. The SMILES string of the molecule is CC(C)n1c(-c2csc(Br)c2)nnc1S(N)(=O)=O. The van der Waals surface area contributed by atoms with Crippen LogP contribution < -0.4 is 5.14 Å². The second-order valence-corrected chi connectivity index (χ2v) is 7.70. The standard InChI is InChI=1S/C9H11BrN4O2S2/c1-5(2)14-8(6-3-7(10)17-4-6)12-13-9(14)18(11,15)16/h3-5H,1-2H3,(H2,11,15,16). The topological polar surface area (TPSA) is 90.9 Å². The highest BCUT2D eigenvalue weighted by Crippen LogP contribution is 2.30. The summed E-state index contributed by atoms with van der Waals surface area (Å²) in [5.74, 6) is 0.496. The molecule has 0 atom stereocenters. The van der Waals surface area contributed by atoms with E-state index in [0.29, 0.717) is 5.82 Å². The Bertz CT molecular complexity index is 675. The molecule has 0 unspecified atom stereocenters. The van der Waals surface area contributed by atoms with Crippen molar-refractivity contribution in [3.8, 4) is 11.4 Å². The number of hydrogen-bond acceptors (Lipinski definition) is 5. The normalized spacial score (nSPS) is 12.3. The van der Waals surface area contributed by atoms with Crippen LogP contribution in [-0.2, 0) is 10.0 Å². The van der Waals surface area contributed by atoms with Gasteiger partial charge in [0, 0.05) is 17.0 Å². The maximum atomic E-state index is 11.5. The van der Waals surface area contributed by atoms with E-state index >= 15 is 0 Å². The predicted molar refractivity (Wildman–Crippen MR) is 72.8 cm³/mol. The highest BCUT2D eigenvalue weighted by atomic mass is 79.9. The quantitative estimate of drug-likeness (QED) is 0.916. The maximum absolute atomic E-state index is 11.5. The Balaban J connectivity index is 2.67. The van der Waals surface area contributed by atoms with Gasteiger partial charge < -0.3 is 0 Å². The van der Waals surface area contributed by atoms with E-state index in [0.717, 1.165) is 9.35 Å². The van der Waals surface area contributed by atoms with Crippen LogP contribution in [0.1, 0.15) is 19.9 Å². The van der Waals surface area contributed by atoms with E-state index in [2.05, 4.69) is 26.1 Å². The van der Waals surface area contributed by atoms with Crippen LogP contribution in [0.4, 0.5) is 0 Å². The predicted octanol–water partition coefficient (Wildman–Crippen LogP) is 2.00. The molecule has 6 nitrogen and oxygen atoms in total. The molecule has 0 aliphatic rings. The summed E-state index contributed by atoms with van der Waals surface area (Å²) in [6.07, 6.45) is 0. The zero-order valence-corrected chi connectivity index (χ0v) is 12.9. The number of aromatic nitrogens is 3. The van der Waals surface area contributed by atoms with Crippen molar-refractivity contribution in [2.24, 2.45) is 5.14 Å². The lowest BCUT2D eigenvalue weighted by molar-refractivity contribution is 0.524. The highest BCUT2D eigenvalue weighted by molar-refractivity contribution is 9.11. The third-order valence-electron chi connectivity index (χ3n) is 2.26. The van der Waals surface area contributed by atoms with Gasteiger partial charge in [-0.2, -0.15) is 0 Å². The van der Waals surface area contributed by atoms with Crippen LogP contribution in [0.5, 0.6) is 0 Å². The van der Waals surface area contributed by atoms with Crippen molar-refractivity contribution < 1.29 is 8.42 Å². The largest absolute Gasteiger partial charge is 0.294 e. The van der Waals surface area contributed by atoms with E-state index in [4.69, 9.17) is 5.14 Å². The number of primary sulfonamides is 1. The summed E-state index contributed by atoms with van der Waals surface area (Å²) in [5, 5.41) is 14.4. The summed E-state index contributed by atoms with van der Waals surface area (Å²) in [5.41, 5.74) is 0.808. The third kappa shape index (κ3) is 2.48. The van der Waals surface area contributed by atoms with Gasteiger partial charge in [-0.25, -0.2) is 13.6 Å². The molecule has 98 valence electrons. The Labute approximate surface area is 117 Å². The molecule has 0 radical (unpaired) electrons. The van der Waals surface area contributed by atoms with Gasteiger partial charge >= 0.3 is 0 Å². The minimum Gasteiger partial charge on any atom is -0.294 e. The van der Waals surface area contributed by atoms with Gasteiger partial charge in [-0.3, -0.25) is 4.57 Å². The molecule has 0 aromatic carbocycles. The van der Waals surface area contributed by atoms with Gasteiger partial charge in [0.2, 0.25) is 0 Å². The molecule has 0 aliphatic heterocycles. The number of thiophene rings is 1. The van der Waals surface area contributed by atoms with Crippen LogP contribution in [0.2, 0.25) is 0 Å². The minimum atomic E-state index is -3.88. The van der Waals surface area contributed by atoms with Crippen LogP contribution in [0.3, 0.4) is 0 Å². The molecule has 9 heteroatoms. The average Bonchev–Trinajstić information content (AvgIpc) is 2.80. The van der Waals surface area contributed by atoms with Crippen LogP contribution in [0.25, 0.3) is 11.4 Å². The van der Waals surface area contributed by atoms with Gasteiger partial charge in [0.15, 0.2) is 5.82 Å². The smallest absolute Gasteiger partial charge is 0.273 e. The molecule has 2 N–H and O–H groups in total. The first-order valence-electron chi connectivity index (χ1n) is 5.03. The van der Waals surface area contributed by atoms with Gasteiger partial charge in [-0.1, -0.05) is 0 Å². The molecular formula is C9H11BrN4O2S2. The lowest BCUT2D eigenvalue weighted by Gasteiger charge is -2.11. The summed E-state index contributed by atoms with van der Waals surface area (Å²) in [6, 6.07) is 1.75. The zero-order chi connectivity index (χ0) is 13.5. The molecule has 2 rings (SSSR count). The molecule has 0 spiro atoms. The highest BCUT2D eigenvalue weighted by Gasteiger charge is 2.24. The first-order chi connectivity index (χ1) is 8.30. The van der Waals surface area contributed by atoms with Gasteiger partial charge in [-0.15, -0.1) is 21.5 Å². The van der Waals surface area contributed by atoms with Gasteiger partial charge in [0.1, 0.15) is 0 Å². The van der Waals surface area contributed by atoms with Crippen LogP contribution in [0, 0.1) is 0 Å². The minimum absolute atomic E-state index is 0.109. The Morgan fingerprint density at radius 2 is 2.11 bits per heavy atom. The summed E-state index contributed by atoms with van der Waals surface area (Å²) >= 11 is 4.85. The molecule has 0 saturated carbocycles. The molecule has 0 aliphatic carbocycles. The van der Waals surface area contributed by atoms with Crippen molar-refractivity contribution in [1.82, 2.24) is 14.8 Å². The third-order valence-corrected chi connectivity index (χ3v) is 4.55. The van der Waals surface area contributed by atoms with Gasteiger partial charge in [0.05, 0.1) is 3.79 Å². The molecule has 0 bridgehead atoms. The summed E-state index contributed by atoms with van der Waals surface area (Å²) in [7, 11) is -3.88. The van der Waals surface area contributed by atoms with E-state index in [9.17, 15) is 8.42 Å². The number of sulfonamides is 1. The van der Waals surface area contributed by atoms with E-state index < -0.39 is 10.0 Å². The number of rotatable bonds is 3. The first-order valence-corrected chi connectivity index (χ1v) is 8.24. The number of hydrogen-bond donors (Lipinski definition) is 1. The molecule has 2 aromatic heterocycles. The Morgan fingerprint density at radius 3 is 2.56 bits per heavy atom. The van der Waals surface area contributed by atoms with E-state index in [1.54, 1.807) is 0 Å². The fourth-order valence-electron chi connectivity index (χ4n) is 1.56. The van der Waals surface area contributed by atoms with Crippen LogP contribution >= 0.6 is 27.3 Å². The van der Waals surface area contributed by atoms with Gasteiger partial charge in [0.25, 0.3) is 15.2 Å². The first kappa shape index (κ1) is 13.7. The number of nitrogens with zero attached hydrogens (tertiary/aromatic N) is 3. The molecule has 0 amide bonds. The number of nitrogens with two attached hydrogens (primary N) is 1. The van der Waals surface area contributed by atoms with E-state index in [1.807, 2.05) is 25.3 Å². The second-order valence-electron chi connectivity index (χ2n) is 3.95. The fourth-order valence-corrected chi connectivity index (χ4v) is 3.42. The van der Waals surface area contributed by atoms with Crippen LogP contribution in [0.15, 0.2) is 20.4 Å². The van der Waals surface area contributed by atoms with Crippen LogP contribution in [-0.4, -0.2) is 23.2 Å². The summed E-state index contributed by atoms with van der Waals surface area (Å²) in [6.45, 7) is 3.70. The van der Waals surface area contributed by atoms with Crippen molar-refractivity contribution in [3.63, 3.8) is 0 Å². The lowest BCUT2D eigenvalue weighted by atomic mass is 10.3. The van der Waals surface area contributed by atoms with E-state index in [1.165, 1.54) is 15.9 Å². The summed E-state index contributed by atoms with van der Waals surface area (Å²) < 4.78 is 25.4. The van der Waals surface area contributed by atoms with Crippen molar-refractivity contribution >= 4 is 37.3 Å². The summed E-state index contributed by atoms with van der Waals surface area (Å²) in [4.78, 5) is 0. The molecular weight excluding hydrogens is 340 g/mol. The molecule has 2 heterocycles. The zero-order valence-electron chi connectivity index (χ0n) is 9.66. The van der Waals surface area contributed by atoms with Crippen molar-refractivity contribution in [3.05, 3.63) is 15.2 Å². The second kappa shape index (κ2) is 4.72. The Hall–Kier alpha value is -0.770. The Morgan fingerprint density at radius 1 is 1.44 bits per heavy atom. The van der Waals surface area contributed by atoms with E-state index in [-0.39, 0.29) is 11.2 Å². The molecule has 0 saturated heterocycles.